The molecule has 3 aromatic heterocycles. The maximum Gasteiger partial charge on any atom is 0.161 e. The second-order valence-corrected chi connectivity index (χ2v) is 8.33. The van der Waals surface area contributed by atoms with E-state index in [1.165, 1.54) is 0 Å². The third kappa shape index (κ3) is 3.97. The molecule has 5 aromatic rings. The zero-order chi connectivity index (χ0) is 22.9. The zero-order valence-electron chi connectivity index (χ0n) is 18.2. The molecule has 34 heavy (non-hydrogen) atoms. The summed E-state index contributed by atoms with van der Waals surface area (Å²) in [6.45, 7) is 0. The van der Waals surface area contributed by atoms with E-state index < -0.39 is 0 Å². The Morgan fingerprint density at radius 3 is 2.85 bits per heavy atom. The summed E-state index contributed by atoms with van der Waals surface area (Å²) in [4.78, 5) is 26.0. The third-order valence-electron chi connectivity index (χ3n) is 6.01. The van der Waals surface area contributed by atoms with Crippen molar-refractivity contribution in [3.8, 4) is 11.4 Å². The van der Waals surface area contributed by atoms with Crippen molar-refractivity contribution in [3.05, 3.63) is 90.5 Å². The molecule has 166 valence electrons. The van der Waals surface area contributed by atoms with Gasteiger partial charge in [0.25, 0.3) is 0 Å². The molecule has 3 N–H and O–H groups in total. The van der Waals surface area contributed by atoms with E-state index in [-0.39, 0.29) is 11.8 Å². The van der Waals surface area contributed by atoms with Crippen LogP contribution >= 0.6 is 0 Å². The van der Waals surface area contributed by atoms with E-state index in [1.807, 2.05) is 54.6 Å². The molecule has 2 aromatic carbocycles. The second kappa shape index (κ2) is 8.40. The molecule has 0 radical (unpaired) electrons. The lowest BCUT2D eigenvalue weighted by atomic mass is 10.0. The van der Waals surface area contributed by atoms with E-state index in [9.17, 15) is 4.79 Å². The number of rotatable bonds is 6. The minimum atomic E-state index is -0.231. The van der Waals surface area contributed by atoms with Crippen LogP contribution in [-0.4, -0.2) is 37.0 Å². The Labute approximate surface area is 195 Å². The molecular weight excluding hydrogens is 426 g/mol. The first-order valence-electron chi connectivity index (χ1n) is 11.1. The molecule has 8 heteroatoms. The van der Waals surface area contributed by atoms with E-state index in [4.69, 9.17) is 4.98 Å². The van der Waals surface area contributed by atoms with E-state index in [2.05, 4.69) is 30.8 Å². The number of benzene rings is 2. The molecule has 0 bridgehead atoms. The number of carbonyl (C=O) groups excluding carboxylic acids is 1. The minimum Gasteiger partial charge on any atom is -0.375 e. The van der Waals surface area contributed by atoms with Crippen molar-refractivity contribution in [3.63, 3.8) is 0 Å². The summed E-state index contributed by atoms with van der Waals surface area (Å²) in [5.41, 5.74) is 5.85. The average Bonchev–Trinajstić information content (AvgIpc) is 3.51. The molecule has 4 heterocycles. The van der Waals surface area contributed by atoms with Gasteiger partial charge in [-0.15, -0.1) is 0 Å². The lowest BCUT2D eigenvalue weighted by Crippen LogP contribution is -2.28. The number of hydrogen-bond acceptors (Lipinski definition) is 7. The molecule has 0 amide bonds. The number of H-pyrrole nitrogens is 1. The highest BCUT2D eigenvalue weighted by Crippen LogP contribution is 2.31. The summed E-state index contributed by atoms with van der Waals surface area (Å²) in [5.74, 6) is 1.48. The predicted molar refractivity (Wildman–Crippen MR) is 131 cm³/mol. The van der Waals surface area contributed by atoms with Gasteiger partial charge in [-0.05, 0) is 53.6 Å². The van der Waals surface area contributed by atoms with Crippen molar-refractivity contribution >= 4 is 33.9 Å². The van der Waals surface area contributed by atoms with Crippen LogP contribution in [0.5, 0.6) is 0 Å². The molecule has 0 fully saturated rings. The first-order valence-corrected chi connectivity index (χ1v) is 11.1. The normalized spacial score (nSPS) is 14.5. The Morgan fingerprint density at radius 2 is 1.94 bits per heavy atom. The van der Waals surface area contributed by atoms with Crippen LogP contribution in [0.2, 0.25) is 0 Å². The molecule has 0 saturated carbocycles. The predicted octanol–water partition coefficient (Wildman–Crippen LogP) is 4.31. The van der Waals surface area contributed by atoms with Gasteiger partial charge in [-0.3, -0.25) is 14.9 Å². The average molecular weight is 448 g/mol. The molecule has 8 nitrogen and oxygen atoms in total. The van der Waals surface area contributed by atoms with Crippen molar-refractivity contribution in [1.82, 2.24) is 25.1 Å². The van der Waals surface area contributed by atoms with Crippen LogP contribution in [0.4, 0.5) is 17.2 Å². The van der Waals surface area contributed by atoms with Crippen molar-refractivity contribution < 1.29 is 4.79 Å². The molecule has 1 unspecified atom stereocenters. The lowest BCUT2D eigenvalue weighted by Gasteiger charge is -2.10. The van der Waals surface area contributed by atoms with Crippen molar-refractivity contribution in [2.24, 2.45) is 0 Å². The topological polar surface area (TPSA) is 108 Å². The molecule has 6 rings (SSSR count). The fourth-order valence-electron chi connectivity index (χ4n) is 4.24. The van der Waals surface area contributed by atoms with E-state index in [0.717, 1.165) is 39.0 Å². The van der Waals surface area contributed by atoms with Gasteiger partial charge >= 0.3 is 0 Å². The van der Waals surface area contributed by atoms with Gasteiger partial charge in [-0.1, -0.05) is 12.1 Å². The van der Waals surface area contributed by atoms with Gasteiger partial charge in [-0.2, -0.15) is 5.10 Å². The van der Waals surface area contributed by atoms with Crippen LogP contribution in [0.15, 0.2) is 79.4 Å². The summed E-state index contributed by atoms with van der Waals surface area (Å²) >= 11 is 0. The molecule has 1 aliphatic heterocycles. The molecule has 0 aliphatic carbocycles. The Bertz CT molecular complexity index is 1500. The van der Waals surface area contributed by atoms with Gasteiger partial charge in [-0.25, -0.2) is 9.97 Å². The number of ketones is 1. The molecular formula is C26H21N7O. The number of fused-ring (bicyclic) bond motifs is 2. The largest absolute Gasteiger partial charge is 0.375 e. The van der Waals surface area contributed by atoms with Gasteiger partial charge < -0.3 is 10.6 Å². The van der Waals surface area contributed by atoms with Gasteiger partial charge in [0, 0.05) is 53.8 Å². The summed E-state index contributed by atoms with van der Waals surface area (Å²) in [7, 11) is 0. The highest BCUT2D eigenvalue weighted by atomic mass is 16.1. The number of hydrogen-bond donors (Lipinski definition) is 3. The van der Waals surface area contributed by atoms with Crippen LogP contribution in [0, 0.1) is 0 Å². The van der Waals surface area contributed by atoms with Gasteiger partial charge in [0.05, 0.1) is 17.8 Å². The fourth-order valence-corrected chi connectivity index (χ4v) is 4.24. The highest BCUT2D eigenvalue weighted by molar-refractivity contribution is 5.91. The van der Waals surface area contributed by atoms with Crippen molar-refractivity contribution in [2.75, 3.05) is 10.6 Å². The SMILES string of the molecule is O=C(Cc1ccncc1)C1Cc2ccc(-c3nccc(Nc4ccc5[nH]ncc5c4)n3)cc2N1. The van der Waals surface area contributed by atoms with Crippen LogP contribution < -0.4 is 10.6 Å². The number of nitrogens with zero attached hydrogens (tertiary/aromatic N) is 4. The first kappa shape index (κ1) is 20.0. The lowest BCUT2D eigenvalue weighted by molar-refractivity contribution is -0.119. The number of pyridine rings is 1. The minimum absolute atomic E-state index is 0.168. The number of aromatic nitrogens is 5. The van der Waals surface area contributed by atoms with E-state index in [1.54, 1.807) is 24.8 Å². The Morgan fingerprint density at radius 1 is 1.03 bits per heavy atom. The maximum absolute atomic E-state index is 12.8. The Kier molecular flexibility index (Phi) is 4.95. The van der Waals surface area contributed by atoms with Gasteiger partial charge in [0.15, 0.2) is 11.6 Å². The van der Waals surface area contributed by atoms with Crippen molar-refractivity contribution in [1.29, 1.82) is 0 Å². The van der Waals surface area contributed by atoms with Crippen LogP contribution in [-0.2, 0) is 17.6 Å². The summed E-state index contributed by atoms with van der Waals surface area (Å²) in [5, 5.41) is 14.8. The Balaban J connectivity index is 1.19. The first-order chi connectivity index (χ1) is 16.7. The Hall–Kier alpha value is -4.59. The summed E-state index contributed by atoms with van der Waals surface area (Å²) in [6, 6.07) is 17.4. The second-order valence-electron chi connectivity index (χ2n) is 8.33. The molecule has 1 aliphatic rings. The standard InChI is InChI=1S/C26H21N7O/c34-24(11-16-5-8-27-9-6-16)23-13-17-1-2-18(14-22(17)31-23)26-28-10-7-25(32-26)30-20-3-4-21-19(12-20)15-29-33-21/h1-10,12,14-15,23,31H,11,13H2,(H,29,33)(H,28,30,32). The summed E-state index contributed by atoms with van der Waals surface area (Å²) in [6.07, 6.45) is 8.03. The number of nitrogens with one attached hydrogen (secondary N) is 3. The molecule has 1 atom stereocenters. The quantitative estimate of drug-likeness (QED) is 0.356. The van der Waals surface area contributed by atoms with Crippen LogP contribution in [0.25, 0.3) is 22.3 Å². The van der Waals surface area contributed by atoms with E-state index in [0.29, 0.717) is 24.5 Å². The van der Waals surface area contributed by atoms with Gasteiger partial charge in [0.1, 0.15) is 5.82 Å². The number of carbonyl (C=O) groups is 1. The highest BCUT2D eigenvalue weighted by Gasteiger charge is 2.27. The number of aromatic amines is 1. The van der Waals surface area contributed by atoms with Crippen LogP contribution in [0.1, 0.15) is 11.1 Å². The van der Waals surface area contributed by atoms with Crippen molar-refractivity contribution in [2.45, 2.75) is 18.9 Å². The molecule has 0 spiro atoms. The summed E-state index contributed by atoms with van der Waals surface area (Å²) < 4.78 is 0. The monoisotopic (exact) mass is 447 g/mol. The van der Waals surface area contributed by atoms with Gasteiger partial charge in [0.2, 0.25) is 0 Å². The zero-order valence-corrected chi connectivity index (χ0v) is 18.2. The smallest absolute Gasteiger partial charge is 0.161 e. The van der Waals surface area contributed by atoms with E-state index >= 15 is 0 Å². The number of Topliss-reactive ketones (excluding diaryl/α,β-unsaturated/α-hetero) is 1. The number of anilines is 3. The molecule has 0 saturated heterocycles. The third-order valence-corrected chi connectivity index (χ3v) is 6.01. The van der Waals surface area contributed by atoms with Crippen LogP contribution in [0.3, 0.4) is 0 Å². The fraction of sp³-hybridized carbons (Fsp3) is 0.115. The maximum atomic E-state index is 12.8.